The third-order valence-corrected chi connectivity index (χ3v) is 9.03. The average molecular weight is 630 g/mol. The van der Waals surface area contributed by atoms with Crippen molar-refractivity contribution in [2.45, 2.75) is 64.1 Å². The molecule has 2 amide bonds. The van der Waals surface area contributed by atoms with Gasteiger partial charge in [-0.3, -0.25) is 13.9 Å². The Kier molecular flexibility index (Phi) is 12.3. The van der Waals surface area contributed by atoms with Crippen molar-refractivity contribution in [1.82, 2.24) is 10.2 Å². The third-order valence-electron chi connectivity index (χ3n) is 6.99. The molecular weight excluding hydrogens is 590 g/mol. The summed E-state index contributed by atoms with van der Waals surface area (Å²) >= 11 is 6.03. The zero-order valence-corrected chi connectivity index (χ0v) is 26.8. The monoisotopic (exact) mass is 629 g/mol. The van der Waals surface area contributed by atoms with E-state index in [4.69, 9.17) is 21.1 Å². The lowest BCUT2D eigenvalue weighted by atomic mass is 10.1. The summed E-state index contributed by atoms with van der Waals surface area (Å²) in [4.78, 5) is 29.0. The molecule has 0 saturated carbocycles. The van der Waals surface area contributed by atoms with Gasteiger partial charge in [0.25, 0.3) is 10.0 Å². The Labute approximate surface area is 259 Å². The maximum Gasteiger partial charge on any atom is 0.264 e. The summed E-state index contributed by atoms with van der Waals surface area (Å²) in [6.07, 6.45) is 1.04. The van der Waals surface area contributed by atoms with Gasteiger partial charge in [-0.05, 0) is 92.9 Å². The lowest BCUT2D eigenvalue weighted by Crippen LogP contribution is -2.53. The van der Waals surface area contributed by atoms with Crippen LogP contribution < -0.4 is 19.1 Å². The predicted molar refractivity (Wildman–Crippen MR) is 169 cm³/mol. The summed E-state index contributed by atoms with van der Waals surface area (Å²) in [7, 11) is -2.67. The van der Waals surface area contributed by atoms with Crippen LogP contribution in [0.25, 0.3) is 0 Å². The molecule has 0 aliphatic carbocycles. The molecular formula is C32H40ClN3O6S. The van der Waals surface area contributed by atoms with E-state index >= 15 is 0 Å². The molecule has 0 aliphatic heterocycles. The minimum absolute atomic E-state index is 0.0283. The largest absolute Gasteiger partial charge is 0.497 e. The van der Waals surface area contributed by atoms with E-state index in [0.29, 0.717) is 29.5 Å². The molecule has 0 aliphatic rings. The van der Waals surface area contributed by atoms with Crippen molar-refractivity contribution in [3.05, 3.63) is 83.4 Å². The van der Waals surface area contributed by atoms with Crippen molar-refractivity contribution in [3.8, 4) is 11.5 Å². The molecule has 0 fully saturated rings. The second-order valence-electron chi connectivity index (χ2n) is 10.0. The fourth-order valence-electron chi connectivity index (χ4n) is 4.47. The van der Waals surface area contributed by atoms with Crippen molar-refractivity contribution < 1.29 is 27.5 Å². The summed E-state index contributed by atoms with van der Waals surface area (Å²) in [5.41, 5.74) is 1.00. The highest BCUT2D eigenvalue weighted by Crippen LogP contribution is 2.28. The standard InChI is InChI=1S/C32H40ClN3O6S/c1-6-23(4)34-32(38)30(7-2)35(21-24-10-9-11-28(20-24)41-5)31(37)22-36(26-14-16-27(17-15-26)42-8-3)43(39,40)29-18-12-25(33)13-19-29/h9-20,23,30H,6-8,21-22H2,1-5H3,(H,34,38). The van der Waals surface area contributed by atoms with Gasteiger partial charge in [0, 0.05) is 17.6 Å². The number of ether oxygens (including phenoxy) is 2. The second-order valence-corrected chi connectivity index (χ2v) is 12.3. The minimum atomic E-state index is -4.22. The number of carbonyl (C=O) groups is 2. The van der Waals surface area contributed by atoms with E-state index < -0.39 is 28.5 Å². The molecule has 0 heterocycles. The maximum absolute atomic E-state index is 14.2. The fourth-order valence-corrected chi connectivity index (χ4v) is 6.01. The number of carbonyl (C=O) groups excluding carboxylic acids is 2. The molecule has 232 valence electrons. The first kappa shape index (κ1) is 33.7. The summed E-state index contributed by atoms with van der Waals surface area (Å²) in [6, 6.07) is 18.5. The van der Waals surface area contributed by atoms with E-state index in [-0.39, 0.29) is 29.1 Å². The Morgan fingerprint density at radius 2 is 1.60 bits per heavy atom. The quantitative estimate of drug-likeness (QED) is 0.232. The summed E-state index contributed by atoms with van der Waals surface area (Å²) in [5.74, 6) is 0.318. The van der Waals surface area contributed by atoms with Crippen molar-refractivity contribution in [2.75, 3.05) is 24.6 Å². The van der Waals surface area contributed by atoms with Gasteiger partial charge in [-0.15, -0.1) is 0 Å². The van der Waals surface area contributed by atoms with Crippen LogP contribution in [-0.2, 0) is 26.2 Å². The second kappa shape index (κ2) is 15.6. The Hall–Kier alpha value is -3.76. The van der Waals surface area contributed by atoms with Gasteiger partial charge in [0.05, 0.1) is 24.3 Å². The number of nitrogens with zero attached hydrogens (tertiary/aromatic N) is 2. The molecule has 43 heavy (non-hydrogen) atoms. The topological polar surface area (TPSA) is 105 Å². The molecule has 0 radical (unpaired) electrons. The molecule has 11 heteroatoms. The molecule has 3 aromatic carbocycles. The van der Waals surface area contributed by atoms with E-state index in [1.54, 1.807) is 49.6 Å². The van der Waals surface area contributed by atoms with Gasteiger partial charge in [0.1, 0.15) is 24.1 Å². The van der Waals surface area contributed by atoms with Crippen molar-refractivity contribution in [1.29, 1.82) is 0 Å². The Morgan fingerprint density at radius 3 is 2.19 bits per heavy atom. The zero-order chi connectivity index (χ0) is 31.6. The lowest BCUT2D eigenvalue weighted by molar-refractivity contribution is -0.140. The van der Waals surface area contributed by atoms with Crippen LogP contribution in [0.15, 0.2) is 77.7 Å². The number of methoxy groups -OCH3 is 1. The molecule has 2 unspecified atom stereocenters. The van der Waals surface area contributed by atoms with E-state index in [0.717, 1.165) is 16.3 Å². The number of benzene rings is 3. The Balaban J connectivity index is 2.07. The summed E-state index contributed by atoms with van der Waals surface area (Å²) in [5, 5.41) is 3.35. The highest BCUT2D eigenvalue weighted by molar-refractivity contribution is 7.92. The molecule has 0 saturated heterocycles. The fraction of sp³-hybridized carbons (Fsp3) is 0.375. The van der Waals surface area contributed by atoms with Gasteiger partial charge >= 0.3 is 0 Å². The smallest absolute Gasteiger partial charge is 0.264 e. The predicted octanol–water partition coefficient (Wildman–Crippen LogP) is 5.66. The molecule has 0 aromatic heterocycles. The van der Waals surface area contributed by atoms with Gasteiger partial charge in [-0.25, -0.2) is 8.42 Å². The van der Waals surface area contributed by atoms with Crippen molar-refractivity contribution in [3.63, 3.8) is 0 Å². The summed E-state index contributed by atoms with van der Waals surface area (Å²) in [6.45, 7) is 7.49. The Morgan fingerprint density at radius 1 is 0.930 bits per heavy atom. The Bertz CT molecular complexity index is 1470. The SMILES string of the molecule is CCOc1ccc(N(CC(=O)N(Cc2cccc(OC)c2)C(CC)C(=O)NC(C)CC)S(=O)(=O)c2ccc(Cl)cc2)cc1. The van der Waals surface area contributed by atoms with E-state index in [2.05, 4.69) is 5.32 Å². The van der Waals surface area contributed by atoms with Crippen LogP contribution in [-0.4, -0.2) is 57.5 Å². The van der Waals surface area contributed by atoms with Crippen LogP contribution in [0.1, 0.15) is 46.1 Å². The highest BCUT2D eigenvalue weighted by atomic mass is 35.5. The van der Waals surface area contributed by atoms with Crippen LogP contribution in [0.3, 0.4) is 0 Å². The minimum Gasteiger partial charge on any atom is -0.497 e. The number of nitrogens with one attached hydrogen (secondary N) is 1. The molecule has 3 aromatic rings. The van der Waals surface area contributed by atoms with Gasteiger partial charge < -0.3 is 19.7 Å². The number of hydrogen-bond acceptors (Lipinski definition) is 6. The number of rotatable bonds is 15. The maximum atomic E-state index is 14.2. The zero-order valence-electron chi connectivity index (χ0n) is 25.2. The molecule has 0 bridgehead atoms. The van der Waals surface area contributed by atoms with Crippen LogP contribution >= 0.6 is 11.6 Å². The van der Waals surface area contributed by atoms with Crippen molar-refractivity contribution in [2.24, 2.45) is 0 Å². The summed E-state index contributed by atoms with van der Waals surface area (Å²) < 4.78 is 39.9. The van der Waals surface area contributed by atoms with Crippen LogP contribution in [0, 0.1) is 0 Å². The lowest BCUT2D eigenvalue weighted by Gasteiger charge is -2.33. The van der Waals surface area contributed by atoms with Gasteiger partial charge in [0.2, 0.25) is 11.8 Å². The molecule has 0 spiro atoms. The van der Waals surface area contributed by atoms with Gasteiger partial charge in [-0.1, -0.05) is 37.6 Å². The van der Waals surface area contributed by atoms with Crippen LogP contribution in [0.4, 0.5) is 5.69 Å². The number of halogens is 1. The highest BCUT2D eigenvalue weighted by Gasteiger charge is 2.34. The van der Waals surface area contributed by atoms with Crippen molar-refractivity contribution >= 4 is 39.1 Å². The van der Waals surface area contributed by atoms with Gasteiger partial charge in [0.15, 0.2) is 0 Å². The average Bonchev–Trinajstić information content (AvgIpc) is 3.00. The normalized spacial score (nSPS) is 12.6. The van der Waals surface area contributed by atoms with E-state index in [9.17, 15) is 18.0 Å². The number of sulfonamides is 1. The third kappa shape index (κ3) is 8.87. The number of amides is 2. The molecule has 1 N–H and O–H groups in total. The number of anilines is 1. The number of hydrogen-bond donors (Lipinski definition) is 1. The molecule has 3 rings (SSSR count). The first-order chi connectivity index (χ1) is 20.5. The first-order valence-corrected chi connectivity index (χ1v) is 16.1. The van der Waals surface area contributed by atoms with E-state index in [1.807, 2.05) is 33.8 Å². The molecule has 9 nitrogen and oxygen atoms in total. The van der Waals surface area contributed by atoms with Crippen LogP contribution in [0.5, 0.6) is 11.5 Å². The first-order valence-electron chi connectivity index (χ1n) is 14.3. The van der Waals surface area contributed by atoms with Gasteiger partial charge in [-0.2, -0.15) is 0 Å². The van der Waals surface area contributed by atoms with E-state index in [1.165, 1.54) is 29.2 Å². The van der Waals surface area contributed by atoms with Crippen LogP contribution in [0.2, 0.25) is 5.02 Å². The molecule has 2 atom stereocenters.